The highest BCUT2D eigenvalue weighted by Gasteiger charge is 2.31. The minimum atomic E-state index is -0.506. The average Bonchev–Trinajstić information content (AvgIpc) is 3.02. The number of aliphatic hydroxyl groups is 1. The second-order valence-corrected chi connectivity index (χ2v) is 7.20. The lowest BCUT2D eigenvalue weighted by Gasteiger charge is -2.33. The average molecular weight is 391 g/mol. The van der Waals surface area contributed by atoms with Gasteiger partial charge in [0.2, 0.25) is 5.91 Å². The number of benzene rings is 1. The number of hydrogen-bond donors (Lipinski definition) is 2. The summed E-state index contributed by atoms with van der Waals surface area (Å²) in [5.41, 5.74) is 4.43. The summed E-state index contributed by atoms with van der Waals surface area (Å²) in [6.07, 6.45) is 5.55. The maximum atomic E-state index is 12.1. The molecule has 0 spiro atoms. The van der Waals surface area contributed by atoms with Gasteiger partial charge in [-0.3, -0.25) is 4.79 Å². The lowest BCUT2D eigenvalue weighted by Crippen LogP contribution is -2.43. The van der Waals surface area contributed by atoms with E-state index in [1.165, 1.54) is 6.33 Å². The number of aromatic nitrogens is 3. The first-order chi connectivity index (χ1) is 12.5. The molecule has 2 N–H and O–H groups in total. The maximum Gasteiger partial charge on any atom is 0.248 e. The fourth-order valence-corrected chi connectivity index (χ4v) is 4.01. The van der Waals surface area contributed by atoms with E-state index in [0.29, 0.717) is 23.0 Å². The van der Waals surface area contributed by atoms with Crippen LogP contribution in [0.25, 0.3) is 22.0 Å². The van der Waals surface area contributed by atoms with Crippen molar-refractivity contribution in [3.8, 4) is 11.1 Å². The van der Waals surface area contributed by atoms with E-state index in [0.717, 1.165) is 33.3 Å². The lowest BCUT2D eigenvalue weighted by atomic mass is 9.95. The summed E-state index contributed by atoms with van der Waals surface area (Å²) in [5, 5.41) is 11.1. The van der Waals surface area contributed by atoms with Crippen molar-refractivity contribution < 1.29 is 9.90 Å². The third-order valence-corrected chi connectivity index (χ3v) is 5.64. The number of rotatable bonds is 2. The number of hydrogen-bond acceptors (Lipinski definition) is 4. The first kappa shape index (κ1) is 17.3. The zero-order valence-corrected chi connectivity index (χ0v) is 15.5. The van der Waals surface area contributed by atoms with Gasteiger partial charge in [0.05, 0.1) is 15.6 Å². The number of halogens is 2. The van der Waals surface area contributed by atoms with Crippen LogP contribution in [0.15, 0.2) is 24.8 Å². The van der Waals surface area contributed by atoms with Gasteiger partial charge >= 0.3 is 0 Å². The molecule has 0 saturated carbocycles. The fourth-order valence-electron chi connectivity index (χ4n) is 3.61. The minimum Gasteiger partial charge on any atom is -0.387 e. The van der Waals surface area contributed by atoms with Crippen LogP contribution < -0.4 is 0 Å². The second kappa shape index (κ2) is 6.54. The van der Waals surface area contributed by atoms with Gasteiger partial charge in [-0.05, 0) is 18.6 Å². The smallest absolute Gasteiger partial charge is 0.248 e. The molecule has 0 radical (unpaired) electrons. The molecule has 4 rings (SSSR count). The summed E-state index contributed by atoms with van der Waals surface area (Å²) < 4.78 is 0. The van der Waals surface area contributed by atoms with E-state index in [2.05, 4.69) is 15.0 Å². The Balaban J connectivity index is 1.98. The van der Waals surface area contributed by atoms with Crippen LogP contribution in [0.1, 0.15) is 18.2 Å². The van der Waals surface area contributed by atoms with Crippen molar-refractivity contribution in [3.05, 3.63) is 46.1 Å². The number of carbonyl (C=O) groups excluding carboxylic acids is 1. The fraction of sp³-hybridized carbons (Fsp3) is 0.278. The summed E-state index contributed by atoms with van der Waals surface area (Å²) in [4.78, 5) is 25.4. The van der Waals surface area contributed by atoms with Gasteiger partial charge in [0, 0.05) is 53.6 Å². The van der Waals surface area contributed by atoms with E-state index in [9.17, 15) is 9.90 Å². The molecule has 134 valence electrons. The number of nitrogens with zero attached hydrogens (tertiary/aromatic N) is 3. The third kappa shape index (κ3) is 2.65. The van der Waals surface area contributed by atoms with E-state index >= 15 is 0 Å². The van der Waals surface area contributed by atoms with Gasteiger partial charge in [-0.2, -0.15) is 0 Å². The molecule has 0 saturated heterocycles. The molecule has 1 aromatic carbocycles. The molecule has 26 heavy (non-hydrogen) atoms. The molecule has 0 bridgehead atoms. The van der Waals surface area contributed by atoms with Crippen LogP contribution in [0.2, 0.25) is 10.0 Å². The Morgan fingerprint density at radius 1 is 1.38 bits per heavy atom. The molecule has 0 fully saturated rings. The van der Waals surface area contributed by atoms with Crippen molar-refractivity contribution in [3.63, 3.8) is 0 Å². The van der Waals surface area contributed by atoms with E-state index in [4.69, 9.17) is 23.2 Å². The SMILES string of the molecule is C[C@@H]1Cc2[nH]c3c(Cl)c(Cl)cc(-c4cncnc4)c3c2CN1C(=O)CO. The van der Waals surface area contributed by atoms with Crippen LogP contribution in [0.5, 0.6) is 0 Å². The zero-order chi connectivity index (χ0) is 18.4. The highest BCUT2D eigenvalue weighted by atomic mass is 35.5. The van der Waals surface area contributed by atoms with Crippen LogP contribution in [0.4, 0.5) is 0 Å². The summed E-state index contributed by atoms with van der Waals surface area (Å²) >= 11 is 12.8. The summed E-state index contributed by atoms with van der Waals surface area (Å²) in [5.74, 6) is -0.290. The Morgan fingerprint density at radius 3 is 2.81 bits per heavy atom. The molecular formula is C18H16Cl2N4O2. The Bertz CT molecular complexity index is 1000. The molecule has 0 aliphatic carbocycles. The quantitative estimate of drug-likeness (QED) is 0.703. The molecule has 3 aromatic rings. The first-order valence-corrected chi connectivity index (χ1v) is 8.94. The van der Waals surface area contributed by atoms with E-state index < -0.39 is 6.61 Å². The highest BCUT2D eigenvalue weighted by Crippen LogP contribution is 2.42. The first-order valence-electron chi connectivity index (χ1n) is 8.18. The Morgan fingerprint density at radius 2 is 2.12 bits per heavy atom. The number of carbonyl (C=O) groups is 1. The van der Waals surface area contributed by atoms with Gasteiger partial charge < -0.3 is 15.0 Å². The van der Waals surface area contributed by atoms with Crippen molar-refractivity contribution in [1.82, 2.24) is 19.9 Å². The molecule has 8 heteroatoms. The molecule has 1 aliphatic heterocycles. The standard InChI is InChI=1S/C18H16Cl2N4O2/c1-9-2-14-12(6-24(9)15(26)7-25)16-11(10-4-21-8-22-5-10)3-13(19)17(20)18(16)23-14/h3-5,8-9,23,25H,2,6-7H2,1H3/t9-/m1/s1. The van der Waals surface area contributed by atoms with Crippen LogP contribution in [0, 0.1) is 0 Å². The Labute approximate surface area is 159 Å². The van der Waals surface area contributed by atoms with Crippen molar-refractivity contribution in [2.45, 2.75) is 25.9 Å². The van der Waals surface area contributed by atoms with Crippen molar-refractivity contribution in [2.24, 2.45) is 0 Å². The molecule has 6 nitrogen and oxygen atoms in total. The number of fused-ring (bicyclic) bond motifs is 3. The molecule has 3 heterocycles. The molecule has 1 atom stereocenters. The van der Waals surface area contributed by atoms with Gasteiger partial charge in [0.25, 0.3) is 0 Å². The topological polar surface area (TPSA) is 82.1 Å². The van der Waals surface area contributed by atoms with E-state index in [-0.39, 0.29) is 11.9 Å². The number of amides is 1. The van der Waals surface area contributed by atoms with Crippen LogP contribution >= 0.6 is 23.2 Å². The maximum absolute atomic E-state index is 12.1. The van der Waals surface area contributed by atoms with Crippen molar-refractivity contribution in [1.29, 1.82) is 0 Å². The van der Waals surface area contributed by atoms with Crippen LogP contribution in [0.3, 0.4) is 0 Å². The van der Waals surface area contributed by atoms with Gasteiger partial charge in [0.1, 0.15) is 12.9 Å². The zero-order valence-electron chi connectivity index (χ0n) is 14.0. The summed E-state index contributed by atoms with van der Waals surface area (Å²) in [6.45, 7) is 1.85. The largest absolute Gasteiger partial charge is 0.387 e. The number of nitrogens with one attached hydrogen (secondary N) is 1. The second-order valence-electron chi connectivity index (χ2n) is 6.41. The van der Waals surface area contributed by atoms with Gasteiger partial charge in [-0.1, -0.05) is 23.2 Å². The highest BCUT2D eigenvalue weighted by molar-refractivity contribution is 6.45. The molecular weight excluding hydrogens is 375 g/mol. The van der Waals surface area contributed by atoms with Gasteiger partial charge in [-0.15, -0.1) is 0 Å². The molecule has 2 aromatic heterocycles. The number of aliphatic hydroxyl groups excluding tert-OH is 1. The van der Waals surface area contributed by atoms with Gasteiger partial charge in [-0.25, -0.2) is 9.97 Å². The summed E-state index contributed by atoms with van der Waals surface area (Å²) in [6, 6.07) is 1.78. The normalized spacial score (nSPS) is 16.8. The minimum absolute atomic E-state index is 0.0204. The van der Waals surface area contributed by atoms with Crippen LogP contribution in [-0.4, -0.2) is 43.5 Å². The predicted molar refractivity (Wildman–Crippen MR) is 100 cm³/mol. The molecule has 0 unspecified atom stereocenters. The predicted octanol–water partition coefficient (Wildman–Crippen LogP) is 3.20. The van der Waals surface area contributed by atoms with Crippen LogP contribution in [-0.2, 0) is 17.8 Å². The Hall–Kier alpha value is -2.15. The van der Waals surface area contributed by atoms with Crippen molar-refractivity contribution >= 4 is 40.0 Å². The lowest BCUT2D eigenvalue weighted by molar-refractivity contribution is -0.137. The van der Waals surface area contributed by atoms with E-state index in [1.54, 1.807) is 23.4 Å². The number of H-pyrrole nitrogens is 1. The molecule has 1 amide bonds. The number of aromatic amines is 1. The van der Waals surface area contributed by atoms with E-state index in [1.807, 2.05) is 6.92 Å². The Kier molecular flexibility index (Phi) is 4.34. The monoisotopic (exact) mass is 390 g/mol. The third-order valence-electron chi connectivity index (χ3n) is 4.85. The summed E-state index contributed by atoms with van der Waals surface area (Å²) in [7, 11) is 0. The van der Waals surface area contributed by atoms with Crippen molar-refractivity contribution in [2.75, 3.05) is 6.61 Å². The van der Waals surface area contributed by atoms with Gasteiger partial charge in [0.15, 0.2) is 0 Å². The molecule has 1 aliphatic rings.